The third kappa shape index (κ3) is 7.88. The van der Waals surface area contributed by atoms with Crippen LogP contribution in [-0.2, 0) is 17.7 Å². The lowest BCUT2D eigenvalue weighted by atomic mass is 9.93. The molecule has 1 aliphatic rings. The fraction of sp³-hybridized carbons (Fsp3) is 0.189. The molecule has 0 spiro atoms. The Morgan fingerprint density at radius 3 is 2.29 bits per heavy atom. The van der Waals surface area contributed by atoms with Gasteiger partial charge in [-0.1, -0.05) is 12.1 Å². The molecule has 0 aliphatic carbocycles. The van der Waals surface area contributed by atoms with Crippen molar-refractivity contribution in [2.75, 3.05) is 45.6 Å². The molecule has 1 aliphatic heterocycles. The first-order valence-electron chi connectivity index (χ1n) is 15.3. The fourth-order valence-corrected chi connectivity index (χ4v) is 6.19. The molecule has 2 aromatic heterocycles. The van der Waals surface area contributed by atoms with Crippen molar-refractivity contribution in [3.8, 4) is 38.8 Å². The first kappa shape index (κ1) is 34.6. The topological polar surface area (TPSA) is 151 Å². The summed E-state index contributed by atoms with van der Waals surface area (Å²) in [6, 6.07) is 21.6. The number of anilines is 2. The Morgan fingerprint density at radius 1 is 0.918 bits per heavy atom. The van der Waals surface area contributed by atoms with E-state index in [0.717, 1.165) is 45.2 Å². The lowest BCUT2D eigenvalue weighted by Gasteiger charge is -2.17. The summed E-state index contributed by atoms with van der Waals surface area (Å²) in [6.45, 7) is 0.869. The molecule has 1 amide bonds. The zero-order chi connectivity index (χ0) is 34.9. The first-order valence-corrected chi connectivity index (χ1v) is 16.1. The minimum atomic E-state index is -0.723. The van der Waals surface area contributed by atoms with Crippen molar-refractivity contribution < 1.29 is 33.3 Å². The van der Waals surface area contributed by atoms with Crippen LogP contribution in [0.4, 0.5) is 11.4 Å². The second-order valence-corrected chi connectivity index (χ2v) is 11.6. The number of carbonyl (C=O) groups is 3. The van der Waals surface area contributed by atoms with Crippen LogP contribution in [-0.4, -0.2) is 58.1 Å². The van der Waals surface area contributed by atoms with E-state index in [-0.39, 0.29) is 17.3 Å². The van der Waals surface area contributed by atoms with Gasteiger partial charge in [-0.05, 0) is 59.0 Å². The number of thiophene rings is 1. The fourth-order valence-electron chi connectivity index (χ4n) is 5.21. The van der Waals surface area contributed by atoms with Crippen molar-refractivity contribution in [1.82, 2.24) is 4.98 Å². The molecule has 4 N–H and O–H groups in total. The molecule has 252 valence electrons. The summed E-state index contributed by atoms with van der Waals surface area (Å²) in [7, 11) is 6.36. The van der Waals surface area contributed by atoms with E-state index in [2.05, 4.69) is 21.7 Å². The maximum absolute atomic E-state index is 13.7. The number of nitrogens with one attached hydrogen (secondary N) is 2. The van der Waals surface area contributed by atoms with Crippen molar-refractivity contribution in [3.05, 3.63) is 106 Å². The molecular weight excluding hydrogens is 644 g/mol. The molecule has 0 unspecified atom stereocenters. The van der Waals surface area contributed by atoms with Crippen LogP contribution in [0, 0.1) is 0 Å². The molecule has 0 fully saturated rings. The van der Waals surface area contributed by atoms with Gasteiger partial charge in [0.05, 0.1) is 27.9 Å². The number of carbonyl (C=O) groups excluding carboxylic acids is 3. The number of esters is 1. The number of amides is 1. The maximum atomic E-state index is 13.7. The van der Waals surface area contributed by atoms with Gasteiger partial charge < -0.3 is 35.3 Å². The van der Waals surface area contributed by atoms with E-state index in [1.807, 2.05) is 42.8 Å². The van der Waals surface area contributed by atoms with Crippen molar-refractivity contribution >= 4 is 40.9 Å². The van der Waals surface area contributed by atoms with Gasteiger partial charge in [-0.15, -0.1) is 11.3 Å². The predicted molar refractivity (Wildman–Crippen MR) is 190 cm³/mol. The highest BCUT2D eigenvalue weighted by Crippen LogP contribution is 2.43. The van der Waals surface area contributed by atoms with E-state index >= 15 is 0 Å². The number of fused-ring (bicyclic) bond motifs is 3. The summed E-state index contributed by atoms with van der Waals surface area (Å²) in [4.78, 5) is 42.9. The second kappa shape index (κ2) is 15.9. The lowest BCUT2D eigenvalue weighted by molar-refractivity contribution is 0.0594. The summed E-state index contributed by atoms with van der Waals surface area (Å²) < 4.78 is 21.2. The number of nitrogens with zero attached hydrogens (tertiary/aromatic N) is 1. The molecule has 0 bridgehead atoms. The van der Waals surface area contributed by atoms with Gasteiger partial charge in [0.15, 0.2) is 12.0 Å². The quantitative estimate of drug-likeness (QED) is 0.117. The zero-order valence-electron chi connectivity index (χ0n) is 27.5. The molecule has 0 saturated heterocycles. The molecule has 49 heavy (non-hydrogen) atoms. The van der Waals surface area contributed by atoms with Gasteiger partial charge in [0.25, 0.3) is 5.91 Å². The number of nitrogens with two attached hydrogens (primary N) is 1. The molecule has 0 radical (unpaired) electrons. The van der Waals surface area contributed by atoms with Crippen LogP contribution < -0.4 is 30.6 Å². The number of aromatic nitrogens is 1. The number of ether oxygens (including phenoxy) is 4. The van der Waals surface area contributed by atoms with Crippen LogP contribution in [0.5, 0.6) is 17.2 Å². The predicted octanol–water partition coefficient (Wildman–Crippen LogP) is 6.47. The second-order valence-electron chi connectivity index (χ2n) is 10.7. The molecule has 6 rings (SSSR count). The number of benzene rings is 3. The molecule has 5 aromatic rings. The summed E-state index contributed by atoms with van der Waals surface area (Å²) in [5, 5.41) is 7.97. The Labute approximate surface area is 288 Å². The number of aldehydes is 1. The highest BCUT2D eigenvalue weighted by Gasteiger charge is 2.26. The summed E-state index contributed by atoms with van der Waals surface area (Å²) in [5.74, 6) is 1.07. The molecule has 3 heterocycles. The Kier molecular flexibility index (Phi) is 11.2. The van der Waals surface area contributed by atoms with Gasteiger partial charge in [0.1, 0.15) is 22.9 Å². The van der Waals surface area contributed by atoms with Gasteiger partial charge in [-0.3, -0.25) is 9.59 Å². The Hall–Kier alpha value is -5.72. The van der Waals surface area contributed by atoms with Gasteiger partial charge >= 0.3 is 5.97 Å². The first-order chi connectivity index (χ1) is 23.8. The van der Waals surface area contributed by atoms with E-state index in [1.54, 1.807) is 55.9 Å². The molecule has 0 saturated carbocycles. The maximum Gasteiger partial charge on any atom is 0.357 e. The standard InChI is InChI=1S/C28H23N3O5S.C9H13NO2/c1-35-28(34)25-20(7-6-19(15-32)30-25)21-13-24-23(26-17(8-10-36-24)9-11-37-26)12-22(21)27(33)31-18-4-2-16(14-29)3-5-18;1-10-7-4-8(11-2)6-9(5-7)12-3/h2-7,9,11-13,15H,8,10,14,29H2,1H3,(H,31,33);4-6,10H,1-3H3. The number of hydrogen-bond donors (Lipinski definition) is 3. The summed E-state index contributed by atoms with van der Waals surface area (Å²) in [6.07, 6.45) is 1.29. The number of hydrogen-bond acceptors (Lipinski definition) is 11. The molecule has 3 aromatic carbocycles. The SMILES string of the molecule is CNc1cc(OC)cc(OC)c1.COC(=O)c1nc(C=O)ccc1-c1cc2c(cc1C(=O)Nc1ccc(CN)cc1)-c1sccc1CCO2. The molecule has 0 atom stereocenters. The number of pyridine rings is 1. The Bertz CT molecular complexity index is 1920. The van der Waals surface area contributed by atoms with Crippen molar-refractivity contribution in [1.29, 1.82) is 0 Å². The third-order valence-electron chi connectivity index (χ3n) is 7.78. The minimum absolute atomic E-state index is 0.0705. The van der Waals surface area contributed by atoms with Gasteiger partial charge in [0, 0.05) is 76.7 Å². The monoisotopic (exact) mass is 680 g/mol. The van der Waals surface area contributed by atoms with Crippen LogP contribution in [0.25, 0.3) is 21.6 Å². The normalized spacial score (nSPS) is 11.3. The van der Waals surface area contributed by atoms with E-state index < -0.39 is 5.97 Å². The van der Waals surface area contributed by atoms with Crippen LogP contribution in [0.1, 0.15) is 42.5 Å². The largest absolute Gasteiger partial charge is 0.497 e. The van der Waals surface area contributed by atoms with Gasteiger partial charge in [-0.2, -0.15) is 0 Å². The molecular formula is C37H36N4O7S. The highest BCUT2D eigenvalue weighted by atomic mass is 32.1. The summed E-state index contributed by atoms with van der Waals surface area (Å²) in [5.41, 5.74) is 11.2. The van der Waals surface area contributed by atoms with E-state index in [4.69, 9.17) is 24.7 Å². The van der Waals surface area contributed by atoms with Gasteiger partial charge in [0.2, 0.25) is 0 Å². The molecule has 11 nitrogen and oxygen atoms in total. The lowest BCUT2D eigenvalue weighted by Crippen LogP contribution is -2.15. The highest BCUT2D eigenvalue weighted by molar-refractivity contribution is 7.13. The van der Waals surface area contributed by atoms with Crippen molar-refractivity contribution in [2.24, 2.45) is 5.73 Å². The van der Waals surface area contributed by atoms with E-state index in [0.29, 0.717) is 47.6 Å². The van der Waals surface area contributed by atoms with E-state index in [9.17, 15) is 14.4 Å². The van der Waals surface area contributed by atoms with Crippen molar-refractivity contribution in [2.45, 2.75) is 13.0 Å². The average Bonchev–Trinajstić information content (AvgIpc) is 3.55. The zero-order valence-corrected chi connectivity index (χ0v) is 28.3. The van der Waals surface area contributed by atoms with Crippen LogP contribution in [0.2, 0.25) is 0 Å². The van der Waals surface area contributed by atoms with Crippen LogP contribution >= 0.6 is 11.3 Å². The third-order valence-corrected chi connectivity index (χ3v) is 8.77. The average molecular weight is 681 g/mol. The van der Waals surface area contributed by atoms with Crippen LogP contribution in [0.3, 0.4) is 0 Å². The number of rotatable bonds is 9. The Morgan fingerprint density at radius 2 is 1.65 bits per heavy atom. The van der Waals surface area contributed by atoms with Crippen LogP contribution in [0.15, 0.2) is 78.2 Å². The smallest absolute Gasteiger partial charge is 0.357 e. The van der Waals surface area contributed by atoms with Gasteiger partial charge in [-0.25, -0.2) is 9.78 Å². The van der Waals surface area contributed by atoms with Crippen molar-refractivity contribution in [3.63, 3.8) is 0 Å². The van der Waals surface area contributed by atoms with E-state index in [1.165, 1.54) is 13.2 Å². The minimum Gasteiger partial charge on any atom is -0.497 e. The number of methoxy groups -OCH3 is 3. The Balaban J connectivity index is 0.000000330. The summed E-state index contributed by atoms with van der Waals surface area (Å²) >= 11 is 1.58. The molecule has 12 heteroatoms.